The van der Waals surface area contributed by atoms with Crippen LogP contribution >= 0.6 is 0 Å². The Bertz CT molecular complexity index is 401. The zero-order chi connectivity index (χ0) is 18.5. The number of amides is 1. The van der Waals surface area contributed by atoms with E-state index in [0.717, 1.165) is 13.0 Å². The summed E-state index contributed by atoms with van der Waals surface area (Å²) in [6.07, 6.45) is 2.22. The molecular formula is C17H34N4O3. The first-order valence-corrected chi connectivity index (χ1v) is 8.97. The highest BCUT2D eigenvalue weighted by molar-refractivity contribution is 5.91. The number of hydrogen-bond donors (Lipinski definition) is 4. The third-order valence-corrected chi connectivity index (χ3v) is 4.05. The number of nitrogens with two attached hydrogens (primary N) is 1. The van der Waals surface area contributed by atoms with Gasteiger partial charge in [0.1, 0.15) is 0 Å². The van der Waals surface area contributed by atoms with Gasteiger partial charge in [0, 0.05) is 13.0 Å². The molecule has 0 aromatic rings. The summed E-state index contributed by atoms with van der Waals surface area (Å²) in [5, 5.41) is 8.99. The van der Waals surface area contributed by atoms with Gasteiger partial charge in [-0.05, 0) is 25.8 Å². The number of hydrogen-bond acceptors (Lipinski definition) is 6. The van der Waals surface area contributed by atoms with Gasteiger partial charge in [-0.25, -0.2) is 0 Å². The minimum atomic E-state index is -0.543. The average Bonchev–Trinajstić information content (AvgIpc) is 2.59. The molecule has 1 amide bonds. The third kappa shape index (κ3) is 7.99. The van der Waals surface area contributed by atoms with Crippen molar-refractivity contribution < 1.29 is 14.4 Å². The first kappa shape index (κ1) is 22.7. The van der Waals surface area contributed by atoms with Gasteiger partial charge < -0.3 is 21.7 Å². The Balaban J connectivity index is 4.42. The van der Waals surface area contributed by atoms with Crippen LogP contribution in [0.15, 0.2) is 0 Å². The Hall–Kier alpha value is -1.31. The van der Waals surface area contributed by atoms with Gasteiger partial charge in [0.2, 0.25) is 5.91 Å². The van der Waals surface area contributed by atoms with Crippen LogP contribution in [0.5, 0.6) is 0 Å². The molecule has 7 heteroatoms. The van der Waals surface area contributed by atoms with Crippen LogP contribution in [0.4, 0.5) is 0 Å². The van der Waals surface area contributed by atoms with E-state index in [2.05, 4.69) is 16.0 Å². The lowest BCUT2D eigenvalue weighted by atomic mass is 10.1. The zero-order valence-electron chi connectivity index (χ0n) is 15.5. The van der Waals surface area contributed by atoms with Crippen LogP contribution < -0.4 is 21.7 Å². The second kappa shape index (κ2) is 13.0. The molecule has 0 radical (unpaired) electrons. The molecule has 3 atom stereocenters. The standard InChI is InChI=1S/C17H34N4O3/c1-5-12(19-8-4)15(22)9-10-20-14(7-3)17(24)21-13(6-2)16(23)11-18/h12-14,19-20H,5-11,18H2,1-4H3,(H,21,24). The summed E-state index contributed by atoms with van der Waals surface area (Å²) >= 11 is 0. The summed E-state index contributed by atoms with van der Waals surface area (Å²) in [6.45, 7) is 8.77. The molecule has 0 heterocycles. The molecule has 5 N–H and O–H groups in total. The molecule has 0 spiro atoms. The molecule has 7 nitrogen and oxygen atoms in total. The number of Topliss-reactive ketones (excluding diaryl/α,β-unsaturated/α-hetero) is 2. The average molecular weight is 342 g/mol. The summed E-state index contributed by atoms with van der Waals surface area (Å²) in [5.41, 5.74) is 5.35. The van der Waals surface area contributed by atoms with Crippen molar-refractivity contribution in [3.63, 3.8) is 0 Å². The Morgan fingerprint density at radius 3 is 1.88 bits per heavy atom. The van der Waals surface area contributed by atoms with E-state index in [4.69, 9.17) is 5.73 Å². The minimum absolute atomic E-state index is 0.0830. The van der Waals surface area contributed by atoms with E-state index in [1.807, 2.05) is 27.7 Å². The van der Waals surface area contributed by atoms with Crippen LogP contribution in [0, 0.1) is 0 Å². The number of carbonyl (C=O) groups is 3. The van der Waals surface area contributed by atoms with Crippen LogP contribution in [0.2, 0.25) is 0 Å². The Kier molecular flexibility index (Phi) is 12.3. The van der Waals surface area contributed by atoms with Gasteiger partial charge in [0.25, 0.3) is 0 Å². The predicted octanol–water partition coefficient (Wildman–Crippen LogP) is 0.125. The molecule has 0 aromatic carbocycles. The molecule has 0 aliphatic heterocycles. The van der Waals surface area contributed by atoms with Gasteiger partial charge in [-0.2, -0.15) is 0 Å². The van der Waals surface area contributed by atoms with Gasteiger partial charge in [-0.1, -0.05) is 27.7 Å². The SMILES string of the molecule is CCNC(CC)C(=O)CCNC(CC)C(=O)NC(CC)C(=O)CN. The first-order chi connectivity index (χ1) is 11.4. The van der Waals surface area contributed by atoms with E-state index < -0.39 is 12.1 Å². The van der Waals surface area contributed by atoms with Gasteiger partial charge in [0.15, 0.2) is 11.6 Å². The van der Waals surface area contributed by atoms with Crippen LogP contribution in [-0.4, -0.2) is 55.2 Å². The number of nitrogens with one attached hydrogen (secondary N) is 3. The lowest BCUT2D eigenvalue weighted by Crippen LogP contribution is -2.51. The first-order valence-electron chi connectivity index (χ1n) is 8.97. The van der Waals surface area contributed by atoms with Crippen molar-refractivity contribution in [2.24, 2.45) is 5.73 Å². The number of likely N-dealkylation sites (N-methyl/N-ethyl adjacent to an activating group) is 1. The Morgan fingerprint density at radius 1 is 0.833 bits per heavy atom. The van der Waals surface area contributed by atoms with Gasteiger partial charge >= 0.3 is 0 Å². The largest absolute Gasteiger partial charge is 0.345 e. The summed E-state index contributed by atoms with van der Waals surface area (Å²) < 4.78 is 0. The fraction of sp³-hybridized carbons (Fsp3) is 0.824. The van der Waals surface area contributed by atoms with E-state index in [1.54, 1.807) is 0 Å². The lowest BCUT2D eigenvalue weighted by molar-refractivity contribution is -0.128. The maximum absolute atomic E-state index is 12.3. The van der Waals surface area contributed by atoms with E-state index in [-0.39, 0.29) is 30.1 Å². The summed E-state index contributed by atoms with van der Waals surface area (Å²) in [4.78, 5) is 36.0. The van der Waals surface area contributed by atoms with Crippen molar-refractivity contribution in [2.75, 3.05) is 19.6 Å². The van der Waals surface area contributed by atoms with Crippen LogP contribution in [0.3, 0.4) is 0 Å². The number of rotatable bonds is 14. The molecule has 3 unspecified atom stereocenters. The molecule has 0 aliphatic rings. The fourth-order valence-electron chi connectivity index (χ4n) is 2.52. The van der Waals surface area contributed by atoms with E-state index in [0.29, 0.717) is 25.8 Å². The molecular weight excluding hydrogens is 308 g/mol. The molecule has 0 fully saturated rings. The molecule has 0 saturated heterocycles. The number of carbonyl (C=O) groups excluding carboxylic acids is 3. The van der Waals surface area contributed by atoms with E-state index in [1.165, 1.54) is 0 Å². The normalized spacial score (nSPS) is 14.7. The Labute approximate surface area is 145 Å². The molecule has 24 heavy (non-hydrogen) atoms. The maximum Gasteiger partial charge on any atom is 0.237 e. The fourth-order valence-corrected chi connectivity index (χ4v) is 2.52. The Morgan fingerprint density at radius 2 is 1.42 bits per heavy atom. The highest BCUT2D eigenvalue weighted by Crippen LogP contribution is 2.00. The van der Waals surface area contributed by atoms with Gasteiger partial charge in [-0.3, -0.25) is 14.4 Å². The molecule has 140 valence electrons. The maximum atomic E-state index is 12.3. The zero-order valence-corrected chi connectivity index (χ0v) is 15.5. The molecule has 0 saturated carbocycles. The van der Waals surface area contributed by atoms with Crippen molar-refractivity contribution in [3.05, 3.63) is 0 Å². The summed E-state index contributed by atoms with van der Waals surface area (Å²) in [5.74, 6) is -0.253. The van der Waals surface area contributed by atoms with E-state index >= 15 is 0 Å². The quantitative estimate of drug-likeness (QED) is 0.357. The number of ketones is 2. The summed E-state index contributed by atoms with van der Waals surface area (Å²) in [6, 6.07) is -1.09. The van der Waals surface area contributed by atoms with Crippen LogP contribution in [0.25, 0.3) is 0 Å². The second-order valence-electron chi connectivity index (χ2n) is 5.79. The molecule has 0 bridgehead atoms. The van der Waals surface area contributed by atoms with E-state index in [9.17, 15) is 14.4 Å². The smallest absolute Gasteiger partial charge is 0.237 e. The van der Waals surface area contributed by atoms with Crippen LogP contribution in [-0.2, 0) is 14.4 Å². The highest BCUT2D eigenvalue weighted by Gasteiger charge is 2.23. The van der Waals surface area contributed by atoms with Crippen molar-refractivity contribution in [2.45, 2.75) is 71.5 Å². The summed E-state index contributed by atoms with van der Waals surface area (Å²) in [7, 11) is 0. The van der Waals surface area contributed by atoms with Crippen molar-refractivity contribution >= 4 is 17.5 Å². The van der Waals surface area contributed by atoms with Gasteiger partial charge in [0.05, 0.1) is 24.7 Å². The molecule has 0 aromatic heterocycles. The lowest BCUT2D eigenvalue weighted by Gasteiger charge is -2.21. The van der Waals surface area contributed by atoms with Crippen LogP contribution in [0.1, 0.15) is 53.4 Å². The monoisotopic (exact) mass is 342 g/mol. The molecule has 0 aliphatic carbocycles. The van der Waals surface area contributed by atoms with Gasteiger partial charge in [-0.15, -0.1) is 0 Å². The third-order valence-electron chi connectivity index (χ3n) is 4.05. The highest BCUT2D eigenvalue weighted by atomic mass is 16.2. The van der Waals surface area contributed by atoms with Crippen molar-refractivity contribution in [1.29, 1.82) is 0 Å². The second-order valence-corrected chi connectivity index (χ2v) is 5.79. The predicted molar refractivity (Wildman–Crippen MR) is 95.7 cm³/mol. The topological polar surface area (TPSA) is 113 Å². The minimum Gasteiger partial charge on any atom is -0.345 e. The van der Waals surface area contributed by atoms with Crippen molar-refractivity contribution in [1.82, 2.24) is 16.0 Å². The molecule has 0 rings (SSSR count). The van der Waals surface area contributed by atoms with Crippen molar-refractivity contribution in [3.8, 4) is 0 Å².